The van der Waals surface area contributed by atoms with E-state index in [9.17, 15) is 0 Å². The van der Waals surface area contributed by atoms with Crippen molar-refractivity contribution in [3.8, 4) is 28.7 Å². The van der Waals surface area contributed by atoms with Crippen LogP contribution in [-0.2, 0) is 0 Å². The molecule has 4 rings (SSSR count). The maximum atomic E-state index is 5.69. The topological polar surface area (TPSA) is 102 Å². The smallest absolute Gasteiger partial charge is 0.315 e. The van der Waals surface area contributed by atoms with Crippen molar-refractivity contribution < 1.29 is 9.15 Å². The van der Waals surface area contributed by atoms with Gasteiger partial charge in [0.25, 0.3) is 0 Å². The van der Waals surface area contributed by atoms with Gasteiger partial charge in [0, 0.05) is 46.5 Å². The van der Waals surface area contributed by atoms with Crippen molar-refractivity contribution in [1.82, 2.24) is 25.1 Å². The third-order valence-electron chi connectivity index (χ3n) is 3.85. The van der Waals surface area contributed by atoms with Crippen molar-refractivity contribution in [1.29, 1.82) is 0 Å². The van der Waals surface area contributed by atoms with E-state index in [4.69, 9.17) is 9.15 Å². The summed E-state index contributed by atoms with van der Waals surface area (Å²) in [6.45, 7) is 4.02. The molecule has 3 heterocycles. The molecule has 132 valence electrons. The predicted molar refractivity (Wildman–Crippen MR) is 97.9 cm³/mol. The summed E-state index contributed by atoms with van der Waals surface area (Å²) >= 11 is 0. The predicted octanol–water partition coefficient (Wildman–Crippen LogP) is 3.50. The molecule has 8 heteroatoms. The summed E-state index contributed by atoms with van der Waals surface area (Å²) in [7, 11) is 1.58. The van der Waals surface area contributed by atoms with Crippen LogP contribution in [0.3, 0.4) is 0 Å². The van der Waals surface area contributed by atoms with Crippen LogP contribution in [0.1, 0.15) is 13.8 Å². The van der Waals surface area contributed by atoms with Crippen LogP contribution in [-0.4, -0.2) is 38.3 Å². The van der Waals surface area contributed by atoms with Crippen LogP contribution in [0, 0.1) is 0 Å². The van der Waals surface area contributed by atoms with Crippen molar-refractivity contribution in [2.24, 2.45) is 0 Å². The van der Waals surface area contributed by atoms with E-state index in [0.717, 1.165) is 22.0 Å². The Morgan fingerprint density at radius 2 is 2.08 bits per heavy atom. The maximum Gasteiger partial charge on any atom is 0.315 e. The molecule has 0 atom stereocenters. The van der Waals surface area contributed by atoms with Crippen molar-refractivity contribution in [3.05, 3.63) is 36.7 Å². The molecule has 3 aromatic heterocycles. The number of fused-ring (bicyclic) bond motifs is 1. The number of methoxy groups -OCH3 is 1. The van der Waals surface area contributed by atoms with Gasteiger partial charge in [-0.3, -0.25) is 0 Å². The van der Waals surface area contributed by atoms with E-state index in [2.05, 4.69) is 30.5 Å². The SMILES string of the molecule is COc1ccnc(-c2c[nH]c3ccc(-c4nnc(NC(C)C)o4)cc23)n1. The highest BCUT2D eigenvalue weighted by Crippen LogP contribution is 2.31. The molecular formula is C18H18N6O2. The van der Waals surface area contributed by atoms with Crippen LogP contribution < -0.4 is 10.1 Å². The zero-order valence-corrected chi connectivity index (χ0v) is 14.6. The molecule has 1 aromatic carbocycles. The highest BCUT2D eigenvalue weighted by Gasteiger charge is 2.14. The second kappa shape index (κ2) is 6.47. The van der Waals surface area contributed by atoms with Gasteiger partial charge in [-0.1, -0.05) is 5.10 Å². The van der Waals surface area contributed by atoms with E-state index < -0.39 is 0 Å². The van der Waals surface area contributed by atoms with Crippen molar-refractivity contribution >= 4 is 16.9 Å². The second-order valence-electron chi connectivity index (χ2n) is 6.10. The zero-order valence-electron chi connectivity index (χ0n) is 14.6. The third kappa shape index (κ3) is 2.97. The minimum atomic E-state index is 0.215. The summed E-state index contributed by atoms with van der Waals surface area (Å²) in [6.07, 6.45) is 3.55. The van der Waals surface area contributed by atoms with Gasteiger partial charge in [-0.05, 0) is 32.0 Å². The van der Waals surface area contributed by atoms with Crippen LogP contribution in [0.2, 0.25) is 0 Å². The van der Waals surface area contributed by atoms with Gasteiger partial charge < -0.3 is 19.5 Å². The number of rotatable bonds is 5. The van der Waals surface area contributed by atoms with Gasteiger partial charge in [0.15, 0.2) is 5.82 Å². The first-order chi connectivity index (χ1) is 12.6. The minimum absolute atomic E-state index is 0.215. The van der Waals surface area contributed by atoms with Gasteiger partial charge in [0.1, 0.15) is 0 Å². The molecule has 26 heavy (non-hydrogen) atoms. The second-order valence-corrected chi connectivity index (χ2v) is 6.10. The summed E-state index contributed by atoms with van der Waals surface area (Å²) in [4.78, 5) is 12.0. The molecule has 0 aliphatic heterocycles. The molecule has 0 aliphatic rings. The Hall–Kier alpha value is -3.42. The van der Waals surface area contributed by atoms with Gasteiger partial charge in [0.05, 0.1) is 7.11 Å². The first-order valence-corrected chi connectivity index (χ1v) is 8.23. The highest BCUT2D eigenvalue weighted by atomic mass is 16.5. The minimum Gasteiger partial charge on any atom is -0.481 e. The fourth-order valence-corrected chi connectivity index (χ4v) is 2.67. The fraction of sp³-hybridized carbons (Fsp3) is 0.222. The van der Waals surface area contributed by atoms with Crippen LogP contribution in [0.25, 0.3) is 33.7 Å². The molecule has 0 radical (unpaired) electrons. The number of nitrogens with one attached hydrogen (secondary N) is 2. The Bertz CT molecular complexity index is 1050. The van der Waals surface area contributed by atoms with Gasteiger partial charge in [-0.25, -0.2) is 4.98 Å². The lowest BCUT2D eigenvalue weighted by molar-refractivity contribution is 0.397. The molecule has 0 spiro atoms. The first-order valence-electron chi connectivity index (χ1n) is 8.23. The van der Waals surface area contributed by atoms with E-state index in [-0.39, 0.29) is 6.04 Å². The quantitative estimate of drug-likeness (QED) is 0.568. The lowest BCUT2D eigenvalue weighted by atomic mass is 10.1. The van der Waals surface area contributed by atoms with Gasteiger partial charge in [0.2, 0.25) is 11.8 Å². The van der Waals surface area contributed by atoms with E-state index >= 15 is 0 Å². The zero-order chi connectivity index (χ0) is 18.1. The number of anilines is 1. The van der Waals surface area contributed by atoms with Crippen LogP contribution in [0.4, 0.5) is 6.01 Å². The summed E-state index contributed by atoms with van der Waals surface area (Å²) in [5, 5.41) is 12.2. The number of aromatic amines is 1. The number of nitrogens with zero attached hydrogens (tertiary/aromatic N) is 4. The van der Waals surface area contributed by atoms with E-state index in [1.165, 1.54) is 0 Å². The Balaban J connectivity index is 1.76. The molecule has 0 amide bonds. The lowest BCUT2D eigenvalue weighted by Crippen LogP contribution is -2.09. The highest BCUT2D eigenvalue weighted by molar-refractivity contribution is 5.96. The summed E-state index contributed by atoms with van der Waals surface area (Å²) < 4.78 is 10.9. The molecule has 4 aromatic rings. The summed E-state index contributed by atoms with van der Waals surface area (Å²) in [6, 6.07) is 8.21. The molecule has 0 fully saturated rings. The largest absolute Gasteiger partial charge is 0.481 e. The Kier molecular flexibility index (Phi) is 4.00. The Labute approximate surface area is 149 Å². The number of hydrogen-bond acceptors (Lipinski definition) is 7. The van der Waals surface area contributed by atoms with Gasteiger partial charge in [-0.15, -0.1) is 5.10 Å². The van der Waals surface area contributed by atoms with Crippen molar-refractivity contribution in [2.45, 2.75) is 19.9 Å². The number of H-pyrrole nitrogens is 1. The normalized spacial score (nSPS) is 11.2. The molecular weight excluding hydrogens is 332 g/mol. The fourth-order valence-electron chi connectivity index (χ4n) is 2.67. The summed E-state index contributed by atoms with van der Waals surface area (Å²) in [5.41, 5.74) is 2.67. The molecule has 0 saturated carbocycles. The average molecular weight is 350 g/mol. The third-order valence-corrected chi connectivity index (χ3v) is 3.85. The van der Waals surface area contributed by atoms with Crippen molar-refractivity contribution in [2.75, 3.05) is 12.4 Å². The van der Waals surface area contributed by atoms with Crippen LogP contribution in [0.5, 0.6) is 5.88 Å². The van der Waals surface area contributed by atoms with Crippen molar-refractivity contribution in [3.63, 3.8) is 0 Å². The van der Waals surface area contributed by atoms with Gasteiger partial charge in [-0.2, -0.15) is 4.98 Å². The van der Waals surface area contributed by atoms with Crippen LogP contribution >= 0.6 is 0 Å². The van der Waals surface area contributed by atoms with E-state index in [1.807, 2.05) is 38.2 Å². The molecule has 2 N–H and O–H groups in total. The van der Waals surface area contributed by atoms with E-state index in [1.54, 1.807) is 19.4 Å². The first kappa shape index (κ1) is 16.1. The number of ether oxygens (including phenoxy) is 1. The standard InChI is InChI=1S/C18H18N6O2/c1-10(2)21-18-24-23-17(26-18)11-4-5-14-12(8-11)13(9-20-14)16-19-7-6-15(22-16)25-3/h4-10,20H,1-3H3,(H,21,24). The molecule has 0 saturated heterocycles. The monoisotopic (exact) mass is 350 g/mol. The number of aromatic nitrogens is 5. The number of hydrogen-bond donors (Lipinski definition) is 2. The molecule has 8 nitrogen and oxygen atoms in total. The lowest BCUT2D eigenvalue weighted by Gasteiger charge is -2.03. The Morgan fingerprint density at radius 1 is 1.19 bits per heavy atom. The average Bonchev–Trinajstić information content (AvgIpc) is 3.27. The molecule has 0 aliphatic carbocycles. The number of benzene rings is 1. The molecule has 0 unspecified atom stereocenters. The molecule has 0 bridgehead atoms. The van der Waals surface area contributed by atoms with Gasteiger partial charge >= 0.3 is 6.01 Å². The Morgan fingerprint density at radius 3 is 2.88 bits per heavy atom. The van der Waals surface area contributed by atoms with E-state index in [0.29, 0.717) is 23.6 Å². The van der Waals surface area contributed by atoms with Crippen LogP contribution in [0.15, 0.2) is 41.1 Å². The summed E-state index contributed by atoms with van der Waals surface area (Å²) in [5.74, 6) is 1.55. The maximum absolute atomic E-state index is 5.69.